The highest BCUT2D eigenvalue weighted by molar-refractivity contribution is 6.00. The van der Waals surface area contributed by atoms with E-state index in [2.05, 4.69) is 0 Å². The van der Waals surface area contributed by atoms with E-state index in [0.717, 1.165) is 0 Å². The zero-order chi connectivity index (χ0) is 15.3. The van der Waals surface area contributed by atoms with E-state index in [0.29, 0.717) is 0 Å². The van der Waals surface area contributed by atoms with Crippen molar-refractivity contribution in [3.8, 4) is 11.5 Å². The van der Waals surface area contributed by atoms with Crippen molar-refractivity contribution >= 4 is 17.8 Å². The summed E-state index contributed by atoms with van der Waals surface area (Å²) in [4.78, 5) is 33.2. The molecule has 1 aromatic carbocycles. The fourth-order valence-corrected chi connectivity index (χ4v) is 1.48. The number of nitrogens with one attached hydrogen (secondary N) is 1. The Morgan fingerprint density at radius 1 is 1.30 bits per heavy atom. The van der Waals surface area contributed by atoms with Crippen LogP contribution in [0.25, 0.3) is 0 Å². The average Bonchev–Trinajstić information content (AvgIpc) is 2.37. The Bertz CT molecular complexity index is 541. The van der Waals surface area contributed by atoms with Crippen LogP contribution in [0.15, 0.2) is 18.2 Å². The van der Waals surface area contributed by atoms with Crippen molar-refractivity contribution in [3.63, 3.8) is 0 Å². The van der Waals surface area contributed by atoms with E-state index < -0.39 is 36.1 Å². The van der Waals surface area contributed by atoms with Gasteiger partial charge in [0, 0.05) is 0 Å². The van der Waals surface area contributed by atoms with Gasteiger partial charge in [-0.15, -0.1) is 0 Å². The molecule has 0 fully saturated rings. The first kappa shape index (κ1) is 15.3. The number of amides is 1. The summed E-state index contributed by atoms with van der Waals surface area (Å²) in [7, 11) is 1.29. The standard InChI is InChI=1S/C12H13NO7/c1-20-8-4-2-3-6(10(8)16)11(17)13-7(12(18)19)5-9(14)15/h2-4,7,16H,5H2,1H3,(H,13,17)(H,14,15)(H,18,19). The van der Waals surface area contributed by atoms with Crippen LogP contribution in [-0.4, -0.2) is 46.3 Å². The molecule has 108 valence electrons. The summed E-state index contributed by atoms with van der Waals surface area (Å²) in [5.74, 6) is -4.17. The first-order valence-corrected chi connectivity index (χ1v) is 5.48. The van der Waals surface area contributed by atoms with Gasteiger partial charge < -0.3 is 25.4 Å². The molecule has 8 nitrogen and oxygen atoms in total. The quantitative estimate of drug-likeness (QED) is 0.580. The molecule has 0 saturated carbocycles. The van der Waals surface area contributed by atoms with Gasteiger partial charge in [-0.1, -0.05) is 6.07 Å². The second-order valence-corrected chi connectivity index (χ2v) is 3.82. The largest absolute Gasteiger partial charge is 0.504 e. The highest BCUT2D eigenvalue weighted by atomic mass is 16.5. The molecular weight excluding hydrogens is 270 g/mol. The minimum absolute atomic E-state index is 0.0442. The number of hydrogen-bond donors (Lipinski definition) is 4. The van der Waals surface area contributed by atoms with E-state index >= 15 is 0 Å². The number of rotatable bonds is 6. The predicted octanol–water partition coefficient (Wildman–Crippen LogP) is 0.0585. The topological polar surface area (TPSA) is 133 Å². The van der Waals surface area contributed by atoms with Gasteiger partial charge in [-0.05, 0) is 12.1 Å². The van der Waals surface area contributed by atoms with E-state index in [1.165, 1.54) is 25.3 Å². The van der Waals surface area contributed by atoms with E-state index in [4.69, 9.17) is 14.9 Å². The van der Waals surface area contributed by atoms with Gasteiger partial charge in [0.25, 0.3) is 5.91 Å². The third kappa shape index (κ3) is 3.61. The third-order valence-electron chi connectivity index (χ3n) is 2.45. The summed E-state index contributed by atoms with van der Waals surface area (Å²) in [5, 5.41) is 29.2. The number of carboxylic acid groups (broad SMARTS) is 2. The van der Waals surface area contributed by atoms with E-state index in [-0.39, 0.29) is 11.3 Å². The zero-order valence-corrected chi connectivity index (χ0v) is 10.5. The molecule has 0 bridgehead atoms. The lowest BCUT2D eigenvalue weighted by atomic mass is 10.1. The summed E-state index contributed by atoms with van der Waals surface area (Å²) in [5.41, 5.74) is -0.207. The van der Waals surface area contributed by atoms with Crippen molar-refractivity contribution in [1.29, 1.82) is 0 Å². The Morgan fingerprint density at radius 3 is 2.45 bits per heavy atom. The molecule has 0 aromatic heterocycles. The molecule has 0 spiro atoms. The minimum atomic E-state index is -1.59. The van der Waals surface area contributed by atoms with Crippen LogP contribution in [0.3, 0.4) is 0 Å². The van der Waals surface area contributed by atoms with Gasteiger partial charge in [-0.25, -0.2) is 4.79 Å². The molecule has 0 aliphatic heterocycles. The average molecular weight is 283 g/mol. The lowest BCUT2D eigenvalue weighted by Crippen LogP contribution is -2.42. The highest BCUT2D eigenvalue weighted by Crippen LogP contribution is 2.29. The maximum Gasteiger partial charge on any atom is 0.326 e. The van der Waals surface area contributed by atoms with Crippen LogP contribution in [-0.2, 0) is 9.59 Å². The van der Waals surface area contributed by atoms with Crippen LogP contribution in [0.5, 0.6) is 11.5 Å². The number of phenolic OH excluding ortho intramolecular Hbond substituents is 1. The number of phenols is 1. The maximum atomic E-state index is 11.8. The number of benzene rings is 1. The number of methoxy groups -OCH3 is 1. The summed E-state index contributed by atoms with van der Waals surface area (Å²) >= 11 is 0. The van der Waals surface area contributed by atoms with Crippen LogP contribution in [0.2, 0.25) is 0 Å². The Hall–Kier alpha value is -2.77. The van der Waals surface area contributed by atoms with Gasteiger partial charge in [-0.3, -0.25) is 9.59 Å². The SMILES string of the molecule is COc1cccc(C(=O)NC(CC(=O)O)C(=O)O)c1O. The van der Waals surface area contributed by atoms with E-state index in [1.54, 1.807) is 0 Å². The number of aliphatic carboxylic acids is 2. The Balaban J connectivity index is 2.95. The van der Waals surface area contributed by atoms with Crippen LogP contribution in [0, 0.1) is 0 Å². The second kappa shape index (κ2) is 6.41. The van der Waals surface area contributed by atoms with Crippen LogP contribution < -0.4 is 10.1 Å². The van der Waals surface area contributed by atoms with E-state index in [1.807, 2.05) is 5.32 Å². The molecule has 0 aliphatic rings. The van der Waals surface area contributed by atoms with Gasteiger partial charge >= 0.3 is 11.9 Å². The van der Waals surface area contributed by atoms with Gasteiger partial charge in [0.15, 0.2) is 11.5 Å². The minimum Gasteiger partial charge on any atom is -0.504 e. The first-order chi connectivity index (χ1) is 9.36. The normalized spacial score (nSPS) is 11.4. The van der Waals surface area contributed by atoms with Crippen molar-refractivity contribution in [2.45, 2.75) is 12.5 Å². The smallest absolute Gasteiger partial charge is 0.326 e. The van der Waals surface area contributed by atoms with Crippen LogP contribution >= 0.6 is 0 Å². The van der Waals surface area contributed by atoms with Gasteiger partial charge in [0.05, 0.1) is 19.1 Å². The van der Waals surface area contributed by atoms with Crippen LogP contribution in [0.1, 0.15) is 16.8 Å². The monoisotopic (exact) mass is 283 g/mol. The number of para-hydroxylation sites is 1. The molecular formula is C12H13NO7. The summed E-state index contributed by atoms with van der Waals surface area (Å²) in [6, 6.07) is 2.51. The number of ether oxygens (including phenoxy) is 1. The summed E-state index contributed by atoms with van der Waals surface area (Å²) in [6.07, 6.45) is -0.772. The first-order valence-electron chi connectivity index (χ1n) is 5.48. The molecule has 0 heterocycles. The number of aromatic hydroxyl groups is 1. The molecule has 1 aromatic rings. The van der Waals surface area contributed by atoms with Gasteiger partial charge in [-0.2, -0.15) is 0 Å². The molecule has 0 saturated heterocycles. The fourth-order valence-electron chi connectivity index (χ4n) is 1.48. The molecule has 1 amide bonds. The molecule has 1 unspecified atom stereocenters. The fraction of sp³-hybridized carbons (Fsp3) is 0.250. The third-order valence-corrected chi connectivity index (χ3v) is 2.45. The molecule has 1 rings (SSSR count). The lowest BCUT2D eigenvalue weighted by molar-refractivity contribution is -0.145. The van der Waals surface area contributed by atoms with Crippen LogP contribution in [0.4, 0.5) is 0 Å². The molecule has 0 radical (unpaired) electrons. The van der Waals surface area contributed by atoms with Crippen molar-refractivity contribution in [3.05, 3.63) is 23.8 Å². The maximum absolute atomic E-state index is 11.8. The van der Waals surface area contributed by atoms with Crippen molar-refractivity contribution < 1.29 is 34.4 Å². The molecule has 1 atom stereocenters. The number of carbonyl (C=O) groups is 3. The molecule has 8 heteroatoms. The van der Waals surface area contributed by atoms with Crippen molar-refractivity contribution in [2.24, 2.45) is 0 Å². The van der Waals surface area contributed by atoms with Crippen molar-refractivity contribution in [1.82, 2.24) is 5.32 Å². The second-order valence-electron chi connectivity index (χ2n) is 3.82. The Labute approximate surface area is 113 Å². The number of carboxylic acids is 2. The zero-order valence-electron chi connectivity index (χ0n) is 10.5. The molecule has 0 aliphatic carbocycles. The predicted molar refractivity (Wildman–Crippen MR) is 65.8 cm³/mol. The van der Waals surface area contributed by atoms with Crippen molar-refractivity contribution in [2.75, 3.05) is 7.11 Å². The van der Waals surface area contributed by atoms with Gasteiger partial charge in [0.2, 0.25) is 0 Å². The van der Waals surface area contributed by atoms with Gasteiger partial charge in [0.1, 0.15) is 6.04 Å². The molecule has 20 heavy (non-hydrogen) atoms. The molecule has 4 N–H and O–H groups in total. The highest BCUT2D eigenvalue weighted by Gasteiger charge is 2.25. The van der Waals surface area contributed by atoms with E-state index in [9.17, 15) is 19.5 Å². The summed E-state index contributed by atoms with van der Waals surface area (Å²) in [6.45, 7) is 0. The number of carbonyl (C=O) groups excluding carboxylic acids is 1. The lowest BCUT2D eigenvalue weighted by Gasteiger charge is -2.13. The Morgan fingerprint density at radius 2 is 1.95 bits per heavy atom. The Kier molecular flexibility index (Phi) is 4.90. The summed E-state index contributed by atoms with van der Waals surface area (Å²) < 4.78 is 4.81. The number of hydrogen-bond acceptors (Lipinski definition) is 5.